The third-order valence-electron chi connectivity index (χ3n) is 2.50. The fourth-order valence-corrected chi connectivity index (χ4v) is 2.17. The first-order valence-corrected chi connectivity index (χ1v) is 6.73. The molecule has 2 aromatic rings. The Morgan fingerprint density at radius 1 is 1.28 bits per heavy atom. The number of rotatable bonds is 6. The van der Waals surface area contributed by atoms with Crippen LogP contribution in [0.5, 0.6) is 0 Å². The zero-order valence-electron chi connectivity index (χ0n) is 10.3. The quantitative estimate of drug-likeness (QED) is 0.770. The average molecular weight is 310 g/mol. The van der Waals surface area contributed by atoms with Crippen LogP contribution in [0, 0.1) is 6.92 Å². The van der Waals surface area contributed by atoms with Gasteiger partial charge in [-0.1, -0.05) is 30.3 Å². The van der Waals surface area contributed by atoms with Gasteiger partial charge < -0.3 is 4.74 Å². The van der Waals surface area contributed by atoms with Crippen molar-refractivity contribution >= 4 is 15.9 Å². The molecule has 0 atom stereocenters. The van der Waals surface area contributed by atoms with Crippen LogP contribution in [0.15, 0.2) is 35.1 Å². The second-order valence-electron chi connectivity index (χ2n) is 4.04. The fraction of sp³-hybridized carbons (Fsp3) is 0.385. The standard InChI is InChI=1S/C13H16BrN3O/c1-11-15-13(14)17(16-11)8-5-9-18-10-12-6-3-2-4-7-12/h2-4,6-7H,5,8-10H2,1H3. The highest BCUT2D eigenvalue weighted by atomic mass is 79.9. The molecule has 0 amide bonds. The number of benzene rings is 1. The normalized spacial score (nSPS) is 10.8. The van der Waals surface area contributed by atoms with Crippen molar-refractivity contribution in [3.05, 3.63) is 46.5 Å². The van der Waals surface area contributed by atoms with E-state index in [0.29, 0.717) is 6.61 Å². The lowest BCUT2D eigenvalue weighted by Crippen LogP contribution is -2.05. The zero-order chi connectivity index (χ0) is 12.8. The van der Waals surface area contributed by atoms with Crippen LogP contribution in [-0.2, 0) is 17.9 Å². The molecule has 96 valence electrons. The van der Waals surface area contributed by atoms with E-state index in [-0.39, 0.29) is 0 Å². The molecule has 0 saturated heterocycles. The van der Waals surface area contributed by atoms with Crippen LogP contribution in [0.4, 0.5) is 0 Å². The van der Waals surface area contributed by atoms with Crippen molar-refractivity contribution in [3.8, 4) is 0 Å². The number of nitrogens with zero attached hydrogens (tertiary/aromatic N) is 3. The SMILES string of the molecule is Cc1nc(Br)n(CCCOCc2ccccc2)n1. The molecular weight excluding hydrogens is 294 g/mol. The molecule has 5 heteroatoms. The first kappa shape index (κ1) is 13.2. The third-order valence-corrected chi connectivity index (χ3v) is 3.09. The average Bonchev–Trinajstić information content (AvgIpc) is 2.69. The summed E-state index contributed by atoms with van der Waals surface area (Å²) in [7, 11) is 0. The van der Waals surface area contributed by atoms with E-state index in [1.54, 1.807) is 0 Å². The Morgan fingerprint density at radius 2 is 2.06 bits per heavy atom. The van der Waals surface area contributed by atoms with Crippen LogP contribution < -0.4 is 0 Å². The summed E-state index contributed by atoms with van der Waals surface area (Å²) in [6.45, 7) is 4.09. The number of hydrogen-bond donors (Lipinski definition) is 0. The van der Waals surface area contributed by atoms with Gasteiger partial charge >= 0.3 is 0 Å². The summed E-state index contributed by atoms with van der Waals surface area (Å²) in [5.74, 6) is 0.784. The third kappa shape index (κ3) is 3.92. The molecule has 0 unspecified atom stereocenters. The Morgan fingerprint density at radius 3 is 2.72 bits per heavy atom. The molecule has 2 rings (SSSR count). The molecule has 0 N–H and O–H groups in total. The second-order valence-corrected chi connectivity index (χ2v) is 4.75. The first-order chi connectivity index (χ1) is 8.75. The van der Waals surface area contributed by atoms with Crippen LogP contribution in [0.3, 0.4) is 0 Å². The minimum absolute atomic E-state index is 0.665. The molecule has 0 aliphatic rings. The van der Waals surface area contributed by atoms with Crippen molar-refractivity contribution in [2.24, 2.45) is 0 Å². The van der Waals surface area contributed by atoms with E-state index < -0.39 is 0 Å². The van der Waals surface area contributed by atoms with E-state index in [4.69, 9.17) is 4.74 Å². The van der Waals surface area contributed by atoms with Crippen LogP contribution in [0.1, 0.15) is 17.8 Å². The van der Waals surface area contributed by atoms with Gasteiger partial charge in [-0.2, -0.15) is 5.10 Å². The van der Waals surface area contributed by atoms with Crippen molar-refractivity contribution in [1.82, 2.24) is 14.8 Å². The summed E-state index contributed by atoms with van der Waals surface area (Å²) >= 11 is 3.37. The van der Waals surface area contributed by atoms with Gasteiger partial charge in [0.2, 0.25) is 0 Å². The van der Waals surface area contributed by atoms with E-state index in [2.05, 4.69) is 38.1 Å². The molecule has 0 saturated carbocycles. The maximum Gasteiger partial charge on any atom is 0.195 e. The number of aryl methyl sites for hydroxylation is 2. The molecule has 1 aromatic carbocycles. The molecule has 0 radical (unpaired) electrons. The van der Waals surface area contributed by atoms with Gasteiger partial charge in [0.15, 0.2) is 4.73 Å². The highest BCUT2D eigenvalue weighted by Crippen LogP contribution is 2.07. The lowest BCUT2D eigenvalue weighted by Gasteiger charge is -2.05. The predicted molar refractivity (Wildman–Crippen MR) is 73.2 cm³/mol. The second kappa shape index (κ2) is 6.66. The van der Waals surface area contributed by atoms with Gasteiger partial charge in [-0.15, -0.1) is 0 Å². The summed E-state index contributed by atoms with van der Waals surface area (Å²) in [6, 6.07) is 10.2. The molecule has 0 fully saturated rings. The predicted octanol–water partition coefficient (Wildman–Crippen LogP) is 2.96. The van der Waals surface area contributed by atoms with Gasteiger partial charge in [0.1, 0.15) is 5.82 Å². The van der Waals surface area contributed by atoms with Gasteiger partial charge in [-0.05, 0) is 34.8 Å². The summed E-state index contributed by atoms with van der Waals surface area (Å²) in [5, 5.41) is 4.27. The summed E-state index contributed by atoms with van der Waals surface area (Å²) in [4.78, 5) is 4.19. The van der Waals surface area contributed by atoms with E-state index in [0.717, 1.165) is 30.1 Å². The zero-order valence-corrected chi connectivity index (χ0v) is 11.9. The van der Waals surface area contributed by atoms with Crippen LogP contribution in [0.2, 0.25) is 0 Å². The van der Waals surface area contributed by atoms with Gasteiger partial charge in [0.05, 0.1) is 6.61 Å². The molecular formula is C13H16BrN3O. The van der Waals surface area contributed by atoms with E-state index >= 15 is 0 Å². The Bertz CT molecular complexity index is 484. The Labute approximate surface area is 115 Å². The van der Waals surface area contributed by atoms with Crippen molar-refractivity contribution < 1.29 is 4.74 Å². The maximum atomic E-state index is 5.61. The summed E-state index contributed by atoms with van der Waals surface area (Å²) in [5.41, 5.74) is 1.20. The molecule has 0 spiro atoms. The maximum absolute atomic E-state index is 5.61. The minimum Gasteiger partial charge on any atom is -0.377 e. The molecule has 18 heavy (non-hydrogen) atoms. The number of ether oxygens (including phenoxy) is 1. The molecule has 0 aliphatic carbocycles. The summed E-state index contributed by atoms with van der Waals surface area (Å²) in [6.07, 6.45) is 0.925. The van der Waals surface area contributed by atoms with Crippen LogP contribution in [0.25, 0.3) is 0 Å². The monoisotopic (exact) mass is 309 g/mol. The van der Waals surface area contributed by atoms with Crippen molar-refractivity contribution in [2.75, 3.05) is 6.61 Å². The van der Waals surface area contributed by atoms with Crippen molar-refractivity contribution in [1.29, 1.82) is 0 Å². The first-order valence-electron chi connectivity index (χ1n) is 5.94. The molecule has 1 heterocycles. The van der Waals surface area contributed by atoms with Crippen LogP contribution >= 0.6 is 15.9 Å². The van der Waals surface area contributed by atoms with E-state index in [1.165, 1.54) is 5.56 Å². The largest absolute Gasteiger partial charge is 0.377 e. The number of aromatic nitrogens is 3. The van der Waals surface area contributed by atoms with Gasteiger partial charge in [-0.3, -0.25) is 0 Å². The lowest BCUT2D eigenvalue weighted by atomic mass is 10.2. The summed E-state index contributed by atoms with van der Waals surface area (Å²) < 4.78 is 8.24. The van der Waals surface area contributed by atoms with Crippen molar-refractivity contribution in [3.63, 3.8) is 0 Å². The fourth-order valence-electron chi connectivity index (χ4n) is 1.65. The lowest BCUT2D eigenvalue weighted by molar-refractivity contribution is 0.115. The Kier molecular flexibility index (Phi) is 4.90. The smallest absolute Gasteiger partial charge is 0.195 e. The highest BCUT2D eigenvalue weighted by molar-refractivity contribution is 9.10. The van der Waals surface area contributed by atoms with E-state index in [9.17, 15) is 0 Å². The molecule has 0 aliphatic heterocycles. The van der Waals surface area contributed by atoms with Gasteiger partial charge in [0.25, 0.3) is 0 Å². The van der Waals surface area contributed by atoms with Gasteiger partial charge in [-0.25, -0.2) is 9.67 Å². The highest BCUT2D eigenvalue weighted by Gasteiger charge is 2.02. The Balaban J connectivity index is 1.66. The minimum atomic E-state index is 0.665. The van der Waals surface area contributed by atoms with Crippen LogP contribution in [-0.4, -0.2) is 21.4 Å². The topological polar surface area (TPSA) is 39.9 Å². The number of hydrogen-bond acceptors (Lipinski definition) is 3. The molecule has 1 aromatic heterocycles. The Hall–Kier alpha value is -1.20. The van der Waals surface area contributed by atoms with E-state index in [1.807, 2.05) is 29.8 Å². The molecule has 4 nitrogen and oxygen atoms in total. The van der Waals surface area contributed by atoms with Crippen molar-refractivity contribution in [2.45, 2.75) is 26.5 Å². The number of halogens is 1. The molecule has 0 bridgehead atoms. The van der Waals surface area contributed by atoms with Gasteiger partial charge in [0, 0.05) is 13.2 Å².